The van der Waals surface area contributed by atoms with Crippen molar-refractivity contribution in [2.45, 2.75) is 23.4 Å². The van der Waals surface area contributed by atoms with Gasteiger partial charge in [-0.25, -0.2) is 9.97 Å². The summed E-state index contributed by atoms with van der Waals surface area (Å²) in [4.78, 5) is 17.2. The molecule has 0 aliphatic carbocycles. The Morgan fingerprint density at radius 1 is 1.25 bits per heavy atom. The molecule has 0 amide bonds. The van der Waals surface area contributed by atoms with Crippen LogP contribution in [0.15, 0.2) is 34.8 Å². The summed E-state index contributed by atoms with van der Waals surface area (Å²) in [6.07, 6.45) is 7.74. The zero-order valence-electron chi connectivity index (χ0n) is 10.9. The molecule has 3 aromatic heterocycles. The van der Waals surface area contributed by atoms with Gasteiger partial charge in [-0.1, -0.05) is 6.92 Å². The molecule has 3 aromatic rings. The van der Waals surface area contributed by atoms with Gasteiger partial charge in [0, 0.05) is 18.9 Å². The molecule has 0 aliphatic rings. The maximum Gasteiger partial charge on any atom is 0.225 e. The van der Waals surface area contributed by atoms with Crippen LogP contribution in [-0.4, -0.2) is 36.7 Å². The van der Waals surface area contributed by atoms with E-state index in [1.54, 1.807) is 24.8 Å². The summed E-state index contributed by atoms with van der Waals surface area (Å²) in [7, 11) is 0. The summed E-state index contributed by atoms with van der Waals surface area (Å²) in [5.74, 6) is 0.593. The second kappa shape index (κ2) is 5.83. The molecule has 0 spiro atoms. The lowest BCUT2D eigenvalue weighted by molar-refractivity contribution is 0.942. The molecule has 0 saturated carbocycles. The predicted octanol–water partition coefficient (Wildman–Crippen LogP) is 2.12. The number of anilines is 1. The minimum absolute atomic E-state index is 0.593. The summed E-state index contributed by atoms with van der Waals surface area (Å²) in [5.41, 5.74) is 0.713. The summed E-state index contributed by atoms with van der Waals surface area (Å²) < 4.78 is 0. The molecule has 3 heterocycles. The van der Waals surface area contributed by atoms with E-state index in [9.17, 15) is 0 Å². The minimum Gasteiger partial charge on any atom is -0.354 e. The lowest BCUT2D eigenvalue weighted by Gasteiger charge is -2.06. The molecule has 0 aliphatic heterocycles. The quantitative estimate of drug-likeness (QED) is 0.694. The lowest BCUT2D eigenvalue weighted by atomic mass is 10.4. The van der Waals surface area contributed by atoms with Gasteiger partial charge in [-0.15, -0.1) is 0 Å². The normalized spacial score (nSPS) is 10.8. The lowest BCUT2D eigenvalue weighted by Crippen LogP contribution is -2.05. The van der Waals surface area contributed by atoms with E-state index < -0.39 is 0 Å². The minimum atomic E-state index is 0.593. The molecule has 0 bridgehead atoms. The summed E-state index contributed by atoms with van der Waals surface area (Å²) in [5, 5.41) is 12.5. The van der Waals surface area contributed by atoms with Gasteiger partial charge >= 0.3 is 0 Å². The van der Waals surface area contributed by atoms with Gasteiger partial charge in [-0.05, 0) is 18.2 Å². The van der Waals surface area contributed by atoms with E-state index in [1.165, 1.54) is 11.8 Å². The molecule has 0 radical (unpaired) electrons. The number of aromatic amines is 1. The van der Waals surface area contributed by atoms with Crippen LogP contribution in [-0.2, 0) is 0 Å². The van der Waals surface area contributed by atoms with Crippen molar-refractivity contribution >= 4 is 28.7 Å². The van der Waals surface area contributed by atoms with Gasteiger partial charge in [-0.2, -0.15) is 10.1 Å². The van der Waals surface area contributed by atoms with Gasteiger partial charge in [0.05, 0.1) is 17.8 Å². The maximum absolute atomic E-state index is 4.52. The molecular weight excluding hydrogens is 274 g/mol. The fourth-order valence-corrected chi connectivity index (χ4v) is 2.46. The third-order valence-electron chi connectivity index (χ3n) is 2.55. The predicted molar refractivity (Wildman–Crippen MR) is 76.6 cm³/mol. The van der Waals surface area contributed by atoms with Crippen molar-refractivity contribution in [1.82, 2.24) is 30.1 Å². The zero-order chi connectivity index (χ0) is 13.8. The Kier molecular flexibility index (Phi) is 3.73. The maximum atomic E-state index is 4.52. The van der Waals surface area contributed by atoms with Crippen LogP contribution in [0, 0.1) is 0 Å². The molecule has 7 nitrogen and oxygen atoms in total. The van der Waals surface area contributed by atoms with Gasteiger partial charge in [0.15, 0.2) is 5.65 Å². The number of hydrogen-bond donors (Lipinski definition) is 2. The molecule has 3 rings (SSSR count). The first kappa shape index (κ1) is 12.8. The molecule has 0 unspecified atom stereocenters. The second-order valence-electron chi connectivity index (χ2n) is 4.06. The largest absolute Gasteiger partial charge is 0.354 e. The SMILES string of the molecule is CCCNc1nc(Sc2cnccn2)c2cn[nH]c2n1. The van der Waals surface area contributed by atoms with Crippen LogP contribution in [0.25, 0.3) is 11.0 Å². The van der Waals surface area contributed by atoms with E-state index in [0.717, 1.165) is 28.4 Å². The number of aromatic nitrogens is 6. The van der Waals surface area contributed by atoms with E-state index in [0.29, 0.717) is 11.6 Å². The molecular formula is C12H13N7S. The van der Waals surface area contributed by atoms with Crippen molar-refractivity contribution in [3.05, 3.63) is 24.8 Å². The Balaban J connectivity index is 1.97. The molecule has 0 atom stereocenters. The van der Waals surface area contributed by atoms with Crippen LogP contribution in [0.5, 0.6) is 0 Å². The Morgan fingerprint density at radius 3 is 3.00 bits per heavy atom. The second-order valence-corrected chi connectivity index (χ2v) is 5.07. The van der Waals surface area contributed by atoms with Crippen molar-refractivity contribution < 1.29 is 0 Å². The average molecular weight is 287 g/mol. The van der Waals surface area contributed by atoms with Crippen molar-refractivity contribution in [2.24, 2.45) is 0 Å². The fourth-order valence-electron chi connectivity index (χ4n) is 1.64. The van der Waals surface area contributed by atoms with Crippen LogP contribution in [0.4, 0.5) is 5.95 Å². The molecule has 8 heteroatoms. The highest BCUT2D eigenvalue weighted by molar-refractivity contribution is 7.99. The van der Waals surface area contributed by atoms with Crippen LogP contribution in [0.3, 0.4) is 0 Å². The van der Waals surface area contributed by atoms with Crippen molar-refractivity contribution in [2.75, 3.05) is 11.9 Å². The molecule has 20 heavy (non-hydrogen) atoms. The first-order valence-electron chi connectivity index (χ1n) is 6.25. The molecule has 0 aromatic carbocycles. The van der Waals surface area contributed by atoms with Crippen LogP contribution >= 0.6 is 11.8 Å². The summed E-state index contributed by atoms with van der Waals surface area (Å²) >= 11 is 1.44. The Hall–Kier alpha value is -2.22. The van der Waals surface area contributed by atoms with Gasteiger partial charge in [-0.3, -0.25) is 10.1 Å². The van der Waals surface area contributed by atoms with E-state index in [1.807, 2.05) is 0 Å². The first-order chi connectivity index (χ1) is 9.86. The smallest absolute Gasteiger partial charge is 0.225 e. The number of nitrogens with zero attached hydrogens (tertiary/aromatic N) is 5. The average Bonchev–Trinajstić information content (AvgIpc) is 2.95. The van der Waals surface area contributed by atoms with E-state index in [2.05, 4.69) is 42.4 Å². The zero-order valence-corrected chi connectivity index (χ0v) is 11.7. The number of fused-ring (bicyclic) bond motifs is 1. The van der Waals surface area contributed by atoms with Crippen LogP contribution in [0.1, 0.15) is 13.3 Å². The van der Waals surface area contributed by atoms with Crippen molar-refractivity contribution in [3.63, 3.8) is 0 Å². The Morgan fingerprint density at radius 2 is 2.20 bits per heavy atom. The summed E-state index contributed by atoms with van der Waals surface area (Å²) in [6.45, 7) is 2.92. The number of H-pyrrole nitrogens is 1. The topological polar surface area (TPSA) is 92.3 Å². The highest BCUT2D eigenvalue weighted by atomic mass is 32.2. The third-order valence-corrected chi connectivity index (χ3v) is 3.47. The molecule has 0 fully saturated rings. The monoisotopic (exact) mass is 287 g/mol. The highest BCUT2D eigenvalue weighted by Crippen LogP contribution is 2.29. The van der Waals surface area contributed by atoms with Gasteiger partial charge in [0.1, 0.15) is 10.1 Å². The van der Waals surface area contributed by atoms with Gasteiger partial charge < -0.3 is 5.32 Å². The van der Waals surface area contributed by atoms with Gasteiger partial charge in [0.2, 0.25) is 5.95 Å². The molecule has 0 saturated heterocycles. The van der Waals surface area contributed by atoms with E-state index >= 15 is 0 Å². The number of hydrogen-bond acceptors (Lipinski definition) is 7. The van der Waals surface area contributed by atoms with E-state index in [-0.39, 0.29) is 0 Å². The molecule has 102 valence electrons. The van der Waals surface area contributed by atoms with Crippen LogP contribution in [0.2, 0.25) is 0 Å². The van der Waals surface area contributed by atoms with E-state index in [4.69, 9.17) is 0 Å². The van der Waals surface area contributed by atoms with Crippen molar-refractivity contribution in [3.8, 4) is 0 Å². The van der Waals surface area contributed by atoms with Crippen molar-refractivity contribution in [1.29, 1.82) is 0 Å². The fraction of sp³-hybridized carbons (Fsp3) is 0.250. The summed E-state index contributed by atoms with van der Waals surface area (Å²) in [6, 6.07) is 0. The number of rotatable bonds is 5. The molecule has 2 N–H and O–H groups in total. The first-order valence-corrected chi connectivity index (χ1v) is 7.07. The van der Waals surface area contributed by atoms with Crippen LogP contribution < -0.4 is 5.32 Å². The highest BCUT2D eigenvalue weighted by Gasteiger charge is 2.11. The Labute approximate surface area is 119 Å². The van der Waals surface area contributed by atoms with Gasteiger partial charge in [0.25, 0.3) is 0 Å². The standard InChI is InChI=1S/C12H13N7S/c1-2-3-15-12-17-10-8(6-16-19-10)11(18-12)20-9-7-13-4-5-14-9/h4-7H,2-3H2,1H3,(H2,15,16,17,18,19). The third kappa shape index (κ3) is 2.69. The number of nitrogens with one attached hydrogen (secondary N) is 2. The Bertz CT molecular complexity index is 697.